The van der Waals surface area contributed by atoms with E-state index in [0.29, 0.717) is 12.8 Å². The Morgan fingerprint density at radius 3 is 2.41 bits per heavy atom. The van der Waals surface area contributed by atoms with Crippen molar-refractivity contribution < 1.29 is 35.8 Å². The summed E-state index contributed by atoms with van der Waals surface area (Å²) in [6.45, 7) is 0.0905. The first-order chi connectivity index (χ1) is 12.4. The maximum atomic E-state index is 14.1. The number of nitrogens with one attached hydrogen (secondary N) is 1. The lowest BCUT2D eigenvalue weighted by Gasteiger charge is -2.29. The number of alkyl halides is 3. The van der Waals surface area contributed by atoms with Crippen molar-refractivity contribution in [3.63, 3.8) is 0 Å². The van der Waals surface area contributed by atoms with Gasteiger partial charge in [-0.05, 0) is 37.7 Å². The molecule has 1 aromatic rings. The number of halogens is 5. The topological polar surface area (TPSA) is 75.6 Å². The van der Waals surface area contributed by atoms with Gasteiger partial charge in [0, 0.05) is 11.6 Å². The van der Waals surface area contributed by atoms with Crippen LogP contribution in [0.25, 0.3) is 0 Å². The predicted molar refractivity (Wildman–Crippen MR) is 91.3 cm³/mol. The highest BCUT2D eigenvalue weighted by atomic mass is 35.5. The molecule has 0 saturated heterocycles. The highest BCUT2D eigenvalue weighted by molar-refractivity contribution is 7.88. The molecule has 1 unspecified atom stereocenters. The fourth-order valence-electron chi connectivity index (χ4n) is 2.99. The first-order valence-corrected chi connectivity index (χ1v) is 10.5. The zero-order valence-corrected chi connectivity index (χ0v) is 16.0. The molecule has 154 valence electrons. The minimum atomic E-state index is -4.19. The smallest absolute Gasteiger partial charge is 0.391 e. The van der Waals surface area contributed by atoms with Crippen molar-refractivity contribution in [2.45, 2.75) is 38.1 Å². The summed E-state index contributed by atoms with van der Waals surface area (Å²) in [6.07, 6.45) is -4.44. The molecule has 1 aromatic carbocycles. The SMILES string of the molecule is CS(=O)(=O)NC(O)c1cc(Cl)c(OCC2CCC(C(F)(F)F)CC2)cc1F. The molecule has 0 amide bonds. The third-order valence-corrected chi connectivity index (χ3v) is 5.40. The molecule has 27 heavy (non-hydrogen) atoms. The summed E-state index contributed by atoms with van der Waals surface area (Å²) < 4.78 is 81.6. The summed E-state index contributed by atoms with van der Waals surface area (Å²) in [4.78, 5) is 0. The number of benzene rings is 1. The summed E-state index contributed by atoms with van der Waals surface area (Å²) in [5, 5.41) is 9.70. The van der Waals surface area contributed by atoms with Crippen LogP contribution in [0.4, 0.5) is 17.6 Å². The minimum absolute atomic E-state index is 0.0255. The lowest BCUT2D eigenvalue weighted by atomic mass is 9.82. The molecule has 2 rings (SSSR count). The van der Waals surface area contributed by atoms with Crippen LogP contribution >= 0.6 is 11.6 Å². The van der Waals surface area contributed by atoms with Crippen molar-refractivity contribution in [1.82, 2.24) is 4.72 Å². The Bertz CT molecular complexity index is 764. The summed E-state index contributed by atoms with van der Waals surface area (Å²) >= 11 is 5.99. The van der Waals surface area contributed by atoms with Crippen LogP contribution in [0.1, 0.15) is 37.5 Å². The van der Waals surface area contributed by atoms with Gasteiger partial charge < -0.3 is 9.84 Å². The van der Waals surface area contributed by atoms with Crippen LogP contribution < -0.4 is 9.46 Å². The largest absolute Gasteiger partial charge is 0.492 e. The van der Waals surface area contributed by atoms with Crippen molar-refractivity contribution in [3.05, 3.63) is 28.5 Å². The minimum Gasteiger partial charge on any atom is -0.492 e. The van der Waals surface area contributed by atoms with Crippen LogP contribution in [0.5, 0.6) is 5.75 Å². The lowest BCUT2D eigenvalue weighted by Crippen LogP contribution is -2.29. The molecule has 2 N–H and O–H groups in total. The first kappa shape index (κ1) is 22.2. The van der Waals surface area contributed by atoms with Gasteiger partial charge in [0.2, 0.25) is 10.0 Å². The summed E-state index contributed by atoms with van der Waals surface area (Å²) in [5.74, 6) is -2.35. The fraction of sp³-hybridized carbons (Fsp3) is 0.625. The molecular weight excluding hydrogens is 414 g/mol. The third-order valence-electron chi connectivity index (χ3n) is 4.46. The second-order valence-electron chi connectivity index (χ2n) is 6.67. The third kappa shape index (κ3) is 6.48. The normalized spacial score (nSPS) is 22.5. The molecule has 1 saturated carbocycles. The second kappa shape index (κ2) is 8.50. The van der Waals surface area contributed by atoms with E-state index in [2.05, 4.69) is 0 Å². The molecule has 0 spiro atoms. The van der Waals surface area contributed by atoms with Gasteiger partial charge in [0.25, 0.3) is 0 Å². The Hall–Kier alpha value is -1.10. The number of aliphatic hydroxyl groups excluding tert-OH is 1. The van der Waals surface area contributed by atoms with Gasteiger partial charge in [-0.15, -0.1) is 0 Å². The van der Waals surface area contributed by atoms with Gasteiger partial charge in [-0.3, -0.25) is 0 Å². The predicted octanol–water partition coefficient (Wildman–Crippen LogP) is 3.77. The molecule has 1 atom stereocenters. The van der Waals surface area contributed by atoms with Crippen molar-refractivity contribution >= 4 is 21.6 Å². The van der Waals surface area contributed by atoms with E-state index < -0.39 is 34.2 Å². The van der Waals surface area contributed by atoms with Gasteiger partial charge in [0.05, 0.1) is 23.8 Å². The number of hydrogen-bond donors (Lipinski definition) is 2. The van der Waals surface area contributed by atoms with Crippen LogP contribution in [0, 0.1) is 17.7 Å². The van der Waals surface area contributed by atoms with Crippen LogP contribution in [-0.4, -0.2) is 32.6 Å². The van der Waals surface area contributed by atoms with Gasteiger partial charge in [0.15, 0.2) is 0 Å². The monoisotopic (exact) mass is 433 g/mol. The zero-order chi connectivity index (χ0) is 20.4. The zero-order valence-electron chi connectivity index (χ0n) is 14.4. The van der Waals surface area contributed by atoms with E-state index in [-0.39, 0.29) is 41.7 Å². The van der Waals surface area contributed by atoms with E-state index >= 15 is 0 Å². The summed E-state index contributed by atoms with van der Waals surface area (Å²) in [7, 11) is -3.77. The van der Waals surface area contributed by atoms with E-state index in [0.717, 1.165) is 18.4 Å². The average Bonchev–Trinajstić information content (AvgIpc) is 2.53. The van der Waals surface area contributed by atoms with Gasteiger partial charge in [-0.1, -0.05) is 11.6 Å². The molecule has 1 fully saturated rings. The maximum Gasteiger partial charge on any atom is 0.391 e. The Labute approximate surface area is 159 Å². The van der Waals surface area contributed by atoms with Gasteiger partial charge in [0.1, 0.15) is 17.8 Å². The van der Waals surface area contributed by atoms with Crippen LogP contribution in [0.3, 0.4) is 0 Å². The molecule has 5 nitrogen and oxygen atoms in total. The van der Waals surface area contributed by atoms with E-state index in [1.54, 1.807) is 0 Å². The molecule has 1 aliphatic rings. The van der Waals surface area contributed by atoms with Crippen LogP contribution in [0.2, 0.25) is 5.02 Å². The van der Waals surface area contributed by atoms with Crippen molar-refractivity contribution in [2.75, 3.05) is 12.9 Å². The van der Waals surface area contributed by atoms with E-state index in [4.69, 9.17) is 16.3 Å². The van der Waals surface area contributed by atoms with Crippen molar-refractivity contribution in [1.29, 1.82) is 0 Å². The molecule has 0 heterocycles. The first-order valence-electron chi connectivity index (χ1n) is 8.20. The Kier molecular flexibility index (Phi) is 6.99. The van der Waals surface area contributed by atoms with Gasteiger partial charge >= 0.3 is 6.18 Å². The van der Waals surface area contributed by atoms with E-state index in [1.807, 2.05) is 4.72 Å². The maximum absolute atomic E-state index is 14.1. The highest BCUT2D eigenvalue weighted by Gasteiger charge is 2.41. The Morgan fingerprint density at radius 2 is 1.89 bits per heavy atom. The van der Waals surface area contributed by atoms with Crippen LogP contribution in [-0.2, 0) is 10.0 Å². The van der Waals surface area contributed by atoms with Gasteiger partial charge in [-0.25, -0.2) is 12.8 Å². The number of sulfonamides is 1. The highest BCUT2D eigenvalue weighted by Crippen LogP contribution is 2.40. The second-order valence-corrected chi connectivity index (χ2v) is 8.85. The molecule has 11 heteroatoms. The average molecular weight is 434 g/mol. The van der Waals surface area contributed by atoms with Crippen LogP contribution in [0.15, 0.2) is 12.1 Å². The number of aliphatic hydroxyl groups is 1. The summed E-state index contributed by atoms with van der Waals surface area (Å²) in [6, 6.07) is 1.95. The Morgan fingerprint density at radius 1 is 1.30 bits per heavy atom. The molecule has 0 bridgehead atoms. The molecule has 1 aliphatic carbocycles. The molecule has 0 radical (unpaired) electrons. The number of ether oxygens (including phenoxy) is 1. The van der Waals surface area contributed by atoms with Gasteiger partial charge in [-0.2, -0.15) is 17.9 Å². The summed E-state index contributed by atoms with van der Waals surface area (Å²) in [5.41, 5.74) is -0.372. The van der Waals surface area contributed by atoms with E-state index in [1.165, 1.54) is 0 Å². The molecule has 0 aromatic heterocycles. The number of hydrogen-bond acceptors (Lipinski definition) is 4. The van der Waals surface area contributed by atoms with Crippen molar-refractivity contribution in [3.8, 4) is 5.75 Å². The lowest BCUT2D eigenvalue weighted by molar-refractivity contribution is -0.184. The standard InChI is InChI=1S/C16H20ClF4NO4S/c1-27(24,25)22-15(23)11-6-12(17)14(7-13(11)18)26-8-9-2-4-10(5-3-9)16(19,20)21/h6-7,9-10,15,22-23H,2-5,8H2,1H3. The van der Waals surface area contributed by atoms with E-state index in [9.17, 15) is 31.1 Å². The van der Waals surface area contributed by atoms with Crippen molar-refractivity contribution in [2.24, 2.45) is 11.8 Å². The number of rotatable bonds is 6. The quantitative estimate of drug-likeness (QED) is 0.529. The fourth-order valence-corrected chi connectivity index (χ4v) is 3.75. The Balaban J connectivity index is 1.97. The molecular formula is C16H20ClF4NO4S. The molecule has 0 aliphatic heterocycles.